The number of benzene rings is 1. The number of hydrogen-bond acceptors (Lipinski definition) is 5. The lowest BCUT2D eigenvalue weighted by Crippen LogP contribution is -2.17. The molecule has 1 amide bonds. The van der Waals surface area contributed by atoms with Crippen LogP contribution in [0.5, 0.6) is 5.75 Å². The molecule has 0 spiro atoms. The molecular weight excluding hydrogens is 284 g/mol. The molecule has 0 radical (unpaired) electrons. The second kappa shape index (κ2) is 7.79. The van der Waals surface area contributed by atoms with Crippen molar-refractivity contribution in [2.75, 3.05) is 32.6 Å². The van der Waals surface area contributed by atoms with Crippen LogP contribution in [0.25, 0.3) is 0 Å². The summed E-state index contributed by atoms with van der Waals surface area (Å²) in [6.07, 6.45) is 2.41. The van der Waals surface area contributed by atoms with Crippen LogP contribution in [-0.4, -0.2) is 39.2 Å². The van der Waals surface area contributed by atoms with Crippen LogP contribution in [0.1, 0.15) is 29.6 Å². The third-order valence-electron chi connectivity index (χ3n) is 3.85. The lowest BCUT2D eigenvalue weighted by molar-refractivity contribution is -0.116. The fourth-order valence-electron chi connectivity index (χ4n) is 2.55. The summed E-state index contributed by atoms with van der Waals surface area (Å²) in [6.45, 7) is 2.00. The van der Waals surface area contributed by atoms with E-state index in [0.29, 0.717) is 23.8 Å². The van der Waals surface area contributed by atoms with Crippen LogP contribution in [0.2, 0.25) is 0 Å². The number of nitrogens with one attached hydrogen (secondary N) is 2. The van der Waals surface area contributed by atoms with Gasteiger partial charge in [0, 0.05) is 6.42 Å². The summed E-state index contributed by atoms with van der Waals surface area (Å²) in [5, 5.41) is 6.07. The van der Waals surface area contributed by atoms with Crippen molar-refractivity contribution in [2.24, 2.45) is 5.92 Å². The zero-order chi connectivity index (χ0) is 15.9. The van der Waals surface area contributed by atoms with Crippen molar-refractivity contribution in [2.45, 2.75) is 19.3 Å². The molecule has 1 unspecified atom stereocenters. The molecule has 1 aliphatic heterocycles. The molecule has 1 fully saturated rings. The highest BCUT2D eigenvalue weighted by Crippen LogP contribution is 2.23. The lowest BCUT2D eigenvalue weighted by Gasteiger charge is -2.12. The summed E-state index contributed by atoms with van der Waals surface area (Å²) in [4.78, 5) is 23.9. The first-order chi connectivity index (χ1) is 10.6. The molecule has 1 aromatic carbocycles. The van der Waals surface area contributed by atoms with E-state index in [1.165, 1.54) is 14.2 Å². The van der Waals surface area contributed by atoms with E-state index in [-0.39, 0.29) is 11.5 Å². The minimum absolute atomic E-state index is 0.0952. The maximum atomic E-state index is 12.1. The molecule has 0 saturated carbocycles. The van der Waals surface area contributed by atoms with E-state index in [2.05, 4.69) is 10.6 Å². The lowest BCUT2D eigenvalue weighted by atomic mass is 10.0. The number of ether oxygens (including phenoxy) is 2. The summed E-state index contributed by atoms with van der Waals surface area (Å²) < 4.78 is 9.84. The summed E-state index contributed by atoms with van der Waals surface area (Å²) in [5.41, 5.74) is 0.736. The van der Waals surface area contributed by atoms with Crippen LogP contribution in [0.3, 0.4) is 0 Å². The molecule has 2 rings (SSSR count). The van der Waals surface area contributed by atoms with Gasteiger partial charge in [-0.15, -0.1) is 0 Å². The topological polar surface area (TPSA) is 76.7 Å². The first kappa shape index (κ1) is 16.3. The Labute approximate surface area is 130 Å². The SMILES string of the molecule is COC(=O)c1cc(OC)ccc1NC(=O)CCC1CCNC1. The van der Waals surface area contributed by atoms with E-state index in [1.807, 2.05) is 0 Å². The second-order valence-corrected chi connectivity index (χ2v) is 5.35. The monoisotopic (exact) mass is 306 g/mol. The van der Waals surface area contributed by atoms with Gasteiger partial charge in [0.15, 0.2) is 0 Å². The molecule has 6 heteroatoms. The Kier molecular flexibility index (Phi) is 5.77. The Hall–Kier alpha value is -2.08. The molecule has 0 aliphatic carbocycles. The maximum absolute atomic E-state index is 12.1. The van der Waals surface area contributed by atoms with Gasteiger partial charge in [-0.2, -0.15) is 0 Å². The Bertz CT molecular complexity index is 539. The van der Waals surface area contributed by atoms with Crippen LogP contribution >= 0.6 is 0 Å². The molecule has 22 heavy (non-hydrogen) atoms. The molecule has 6 nitrogen and oxygen atoms in total. The first-order valence-electron chi connectivity index (χ1n) is 7.41. The Balaban J connectivity index is 2.00. The Morgan fingerprint density at radius 1 is 1.36 bits per heavy atom. The average Bonchev–Trinajstić information content (AvgIpc) is 3.06. The minimum atomic E-state index is -0.505. The van der Waals surface area contributed by atoms with E-state index in [1.54, 1.807) is 18.2 Å². The highest BCUT2D eigenvalue weighted by molar-refractivity contribution is 6.01. The van der Waals surface area contributed by atoms with Crippen LogP contribution in [0, 0.1) is 5.92 Å². The first-order valence-corrected chi connectivity index (χ1v) is 7.41. The summed E-state index contributed by atoms with van der Waals surface area (Å²) in [6, 6.07) is 4.91. The fourth-order valence-corrected chi connectivity index (χ4v) is 2.55. The smallest absolute Gasteiger partial charge is 0.340 e. The van der Waals surface area contributed by atoms with Crippen molar-refractivity contribution < 1.29 is 19.1 Å². The number of rotatable bonds is 6. The third-order valence-corrected chi connectivity index (χ3v) is 3.85. The van der Waals surface area contributed by atoms with Crippen LogP contribution in [0.4, 0.5) is 5.69 Å². The van der Waals surface area contributed by atoms with Gasteiger partial charge in [0.25, 0.3) is 0 Å². The molecule has 1 atom stereocenters. The molecule has 1 heterocycles. The molecule has 120 valence electrons. The minimum Gasteiger partial charge on any atom is -0.497 e. The number of anilines is 1. The predicted octanol–water partition coefficient (Wildman–Crippen LogP) is 1.81. The second-order valence-electron chi connectivity index (χ2n) is 5.35. The highest BCUT2D eigenvalue weighted by Gasteiger charge is 2.18. The Morgan fingerprint density at radius 2 is 2.18 bits per heavy atom. The largest absolute Gasteiger partial charge is 0.497 e. The fraction of sp³-hybridized carbons (Fsp3) is 0.500. The van der Waals surface area contributed by atoms with Crippen molar-refractivity contribution >= 4 is 17.6 Å². The normalized spacial score (nSPS) is 17.1. The van der Waals surface area contributed by atoms with Gasteiger partial charge in [-0.05, 0) is 50.0 Å². The quantitative estimate of drug-likeness (QED) is 0.784. The number of esters is 1. The van der Waals surface area contributed by atoms with Gasteiger partial charge in [-0.3, -0.25) is 4.79 Å². The van der Waals surface area contributed by atoms with Crippen LogP contribution in [-0.2, 0) is 9.53 Å². The Morgan fingerprint density at radius 3 is 2.82 bits per heavy atom. The highest BCUT2D eigenvalue weighted by atomic mass is 16.5. The molecule has 1 saturated heterocycles. The molecule has 2 N–H and O–H groups in total. The van der Waals surface area contributed by atoms with Gasteiger partial charge in [0.05, 0.1) is 25.5 Å². The number of carbonyl (C=O) groups is 2. The van der Waals surface area contributed by atoms with Gasteiger partial charge in [-0.1, -0.05) is 0 Å². The van der Waals surface area contributed by atoms with Gasteiger partial charge in [-0.25, -0.2) is 4.79 Å². The van der Waals surface area contributed by atoms with Gasteiger partial charge in [0.2, 0.25) is 5.91 Å². The van der Waals surface area contributed by atoms with Crippen molar-refractivity contribution in [3.05, 3.63) is 23.8 Å². The number of hydrogen-bond donors (Lipinski definition) is 2. The van der Waals surface area contributed by atoms with Crippen molar-refractivity contribution in [3.8, 4) is 5.75 Å². The molecular formula is C16H22N2O4. The number of methoxy groups -OCH3 is 2. The van der Waals surface area contributed by atoms with E-state index in [0.717, 1.165) is 25.9 Å². The van der Waals surface area contributed by atoms with Crippen molar-refractivity contribution in [3.63, 3.8) is 0 Å². The van der Waals surface area contributed by atoms with E-state index >= 15 is 0 Å². The van der Waals surface area contributed by atoms with E-state index < -0.39 is 5.97 Å². The van der Waals surface area contributed by atoms with E-state index in [9.17, 15) is 9.59 Å². The molecule has 0 bridgehead atoms. The van der Waals surface area contributed by atoms with Gasteiger partial charge >= 0.3 is 5.97 Å². The summed E-state index contributed by atoms with van der Waals surface area (Å²) in [5.74, 6) is 0.494. The predicted molar refractivity (Wildman–Crippen MR) is 83.2 cm³/mol. The summed E-state index contributed by atoms with van der Waals surface area (Å²) >= 11 is 0. The zero-order valence-electron chi connectivity index (χ0n) is 13.0. The maximum Gasteiger partial charge on any atom is 0.340 e. The molecule has 0 aromatic heterocycles. The van der Waals surface area contributed by atoms with Crippen LogP contribution in [0.15, 0.2) is 18.2 Å². The molecule has 1 aliphatic rings. The number of carbonyl (C=O) groups excluding carboxylic acids is 2. The van der Waals surface area contributed by atoms with Crippen molar-refractivity contribution in [1.29, 1.82) is 0 Å². The zero-order valence-corrected chi connectivity index (χ0v) is 13.0. The third kappa shape index (κ3) is 4.21. The standard InChI is InChI=1S/C16H22N2O4/c1-21-12-4-5-14(13(9-12)16(20)22-2)18-15(19)6-3-11-7-8-17-10-11/h4-5,9,11,17H,3,6-8,10H2,1-2H3,(H,18,19). The molecule has 1 aromatic rings. The van der Waals surface area contributed by atoms with E-state index in [4.69, 9.17) is 9.47 Å². The average molecular weight is 306 g/mol. The summed E-state index contributed by atoms with van der Waals surface area (Å²) in [7, 11) is 2.82. The number of amides is 1. The van der Waals surface area contributed by atoms with Gasteiger partial charge in [0.1, 0.15) is 5.75 Å². The van der Waals surface area contributed by atoms with Crippen LogP contribution < -0.4 is 15.4 Å². The van der Waals surface area contributed by atoms with Crippen molar-refractivity contribution in [1.82, 2.24) is 5.32 Å². The van der Waals surface area contributed by atoms with Gasteiger partial charge < -0.3 is 20.1 Å².